The van der Waals surface area contributed by atoms with Gasteiger partial charge in [-0.3, -0.25) is 4.79 Å². The molecule has 2 aromatic rings. The monoisotopic (exact) mass is 330 g/mol. The minimum Gasteiger partial charge on any atom is -0.460 e. The Bertz CT molecular complexity index is 650. The van der Waals surface area contributed by atoms with E-state index in [9.17, 15) is 4.79 Å². The summed E-state index contributed by atoms with van der Waals surface area (Å²) in [5.41, 5.74) is 0.852. The average molecular weight is 330 g/mol. The van der Waals surface area contributed by atoms with Crippen LogP contribution < -0.4 is 10.6 Å². The number of fused-ring (bicyclic) bond motifs is 1. The number of carbonyl (C=O) groups is 1. The maximum Gasteiger partial charge on any atom is 0.230 e. The molecule has 1 aromatic carbocycles. The number of methoxy groups -OCH3 is 1. The molecule has 0 bridgehead atoms. The van der Waals surface area contributed by atoms with Gasteiger partial charge in [0, 0.05) is 24.5 Å². The Labute approximate surface area is 142 Å². The molecule has 2 heterocycles. The van der Waals surface area contributed by atoms with E-state index in [1.807, 2.05) is 37.3 Å². The lowest BCUT2D eigenvalue weighted by Crippen LogP contribution is -2.47. The summed E-state index contributed by atoms with van der Waals surface area (Å²) in [6.45, 7) is 5.15. The molecule has 1 aliphatic rings. The minimum atomic E-state index is -0.307. The Kier molecular flexibility index (Phi) is 5.21. The zero-order chi connectivity index (χ0) is 17.0. The third kappa shape index (κ3) is 3.62. The SMILES string of the molecule is COCC1(CNC(=O)C(C)c2cc3ccccc3o2)CCNCC1. The highest BCUT2D eigenvalue weighted by Crippen LogP contribution is 2.29. The molecule has 1 aliphatic heterocycles. The summed E-state index contributed by atoms with van der Waals surface area (Å²) in [6.07, 6.45) is 2.03. The molecule has 0 aliphatic carbocycles. The molecule has 5 nitrogen and oxygen atoms in total. The molecule has 0 spiro atoms. The summed E-state index contributed by atoms with van der Waals surface area (Å²) in [5.74, 6) is 0.404. The standard InChI is InChI=1S/C19H26N2O3/c1-14(17-11-15-5-3-4-6-16(15)24-17)18(22)21-12-19(13-23-2)7-9-20-10-8-19/h3-6,11,14,20H,7-10,12-13H2,1-2H3,(H,21,22). The highest BCUT2D eigenvalue weighted by Gasteiger charge is 2.33. The molecule has 130 valence electrons. The lowest BCUT2D eigenvalue weighted by Gasteiger charge is -2.37. The predicted molar refractivity (Wildman–Crippen MR) is 94.1 cm³/mol. The van der Waals surface area contributed by atoms with Gasteiger partial charge in [0.05, 0.1) is 12.5 Å². The number of ether oxygens (including phenoxy) is 1. The quantitative estimate of drug-likeness (QED) is 0.855. The van der Waals surface area contributed by atoms with Gasteiger partial charge in [-0.2, -0.15) is 0 Å². The maximum atomic E-state index is 12.6. The van der Waals surface area contributed by atoms with E-state index in [1.54, 1.807) is 7.11 Å². The maximum absolute atomic E-state index is 12.6. The molecular weight excluding hydrogens is 304 g/mol. The van der Waals surface area contributed by atoms with Crippen LogP contribution in [0.5, 0.6) is 0 Å². The van der Waals surface area contributed by atoms with Crippen molar-refractivity contribution in [2.45, 2.75) is 25.7 Å². The highest BCUT2D eigenvalue weighted by molar-refractivity contribution is 5.85. The molecule has 1 amide bonds. The van der Waals surface area contributed by atoms with E-state index in [0.717, 1.165) is 36.9 Å². The number of benzene rings is 1. The second-order valence-electron chi connectivity index (χ2n) is 6.81. The van der Waals surface area contributed by atoms with Gasteiger partial charge in [-0.15, -0.1) is 0 Å². The Morgan fingerprint density at radius 2 is 2.12 bits per heavy atom. The van der Waals surface area contributed by atoms with E-state index < -0.39 is 0 Å². The molecule has 1 atom stereocenters. The van der Waals surface area contributed by atoms with Crippen molar-refractivity contribution in [2.24, 2.45) is 5.41 Å². The fourth-order valence-corrected chi connectivity index (χ4v) is 3.41. The second-order valence-corrected chi connectivity index (χ2v) is 6.81. The van der Waals surface area contributed by atoms with E-state index in [-0.39, 0.29) is 17.2 Å². The van der Waals surface area contributed by atoms with Crippen LogP contribution in [0.3, 0.4) is 0 Å². The Balaban J connectivity index is 1.64. The third-order valence-electron chi connectivity index (χ3n) is 5.02. The smallest absolute Gasteiger partial charge is 0.230 e. The highest BCUT2D eigenvalue weighted by atomic mass is 16.5. The van der Waals surface area contributed by atoms with E-state index in [1.165, 1.54) is 0 Å². The topological polar surface area (TPSA) is 63.5 Å². The predicted octanol–water partition coefficient (Wildman–Crippen LogP) is 2.67. The minimum absolute atomic E-state index is 0.00284. The van der Waals surface area contributed by atoms with Gasteiger partial charge < -0.3 is 19.8 Å². The number of piperidine rings is 1. The van der Waals surface area contributed by atoms with Crippen molar-refractivity contribution in [3.05, 3.63) is 36.1 Å². The molecule has 5 heteroatoms. The van der Waals surface area contributed by atoms with Crippen LogP contribution in [0, 0.1) is 5.41 Å². The van der Waals surface area contributed by atoms with Crippen molar-refractivity contribution in [1.82, 2.24) is 10.6 Å². The third-order valence-corrected chi connectivity index (χ3v) is 5.02. The molecule has 24 heavy (non-hydrogen) atoms. The molecule has 3 rings (SSSR count). The van der Waals surface area contributed by atoms with Crippen molar-refractivity contribution < 1.29 is 13.9 Å². The lowest BCUT2D eigenvalue weighted by molar-refractivity contribution is -0.123. The first-order chi connectivity index (χ1) is 11.6. The van der Waals surface area contributed by atoms with Crippen LogP contribution in [0.4, 0.5) is 0 Å². The van der Waals surface area contributed by atoms with Gasteiger partial charge in [-0.1, -0.05) is 18.2 Å². The van der Waals surface area contributed by atoms with Gasteiger partial charge in [0.15, 0.2) is 0 Å². The lowest BCUT2D eigenvalue weighted by atomic mass is 9.79. The van der Waals surface area contributed by atoms with Crippen LogP contribution in [0.15, 0.2) is 34.7 Å². The molecule has 1 fully saturated rings. The fourth-order valence-electron chi connectivity index (χ4n) is 3.41. The zero-order valence-electron chi connectivity index (χ0n) is 14.4. The van der Waals surface area contributed by atoms with Gasteiger partial charge in [0.25, 0.3) is 0 Å². The van der Waals surface area contributed by atoms with Gasteiger partial charge in [0.1, 0.15) is 11.3 Å². The van der Waals surface area contributed by atoms with Crippen molar-refractivity contribution in [3.8, 4) is 0 Å². The van der Waals surface area contributed by atoms with Gasteiger partial charge in [-0.05, 0) is 45.0 Å². The first-order valence-electron chi connectivity index (χ1n) is 8.59. The average Bonchev–Trinajstić information content (AvgIpc) is 3.04. The molecule has 1 unspecified atom stereocenters. The van der Waals surface area contributed by atoms with Crippen LogP contribution >= 0.6 is 0 Å². The number of para-hydroxylation sites is 1. The Morgan fingerprint density at radius 3 is 2.83 bits per heavy atom. The Hall–Kier alpha value is -1.85. The number of amides is 1. The molecule has 1 aromatic heterocycles. The number of furan rings is 1. The first kappa shape index (κ1) is 17.0. The van der Waals surface area contributed by atoms with Crippen molar-refractivity contribution in [3.63, 3.8) is 0 Å². The van der Waals surface area contributed by atoms with Crippen molar-refractivity contribution in [1.29, 1.82) is 0 Å². The normalized spacial score (nSPS) is 18.4. The molecule has 1 saturated heterocycles. The van der Waals surface area contributed by atoms with Crippen LogP contribution in [0.25, 0.3) is 11.0 Å². The van der Waals surface area contributed by atoms with Crippen LogP contribution in [0.1, 0.15) is 31.4 Å². The number of rotatable bonds is 6. The number of hydrogen-bond donors (Lipinski definition) is 2. The van der Waals surface area contributed by atoms with Gasteiger partial charge >= 0.3 is 0 Å². The fraction of sp³-hybridized carbons (Fsp3) is 0.526. The van der Waals surface area contributed by atoms with Crippen LogP contribution in [0.2, 0.25) is 0 Å². The van der Waals surface area contributed by atoms with E-state index in [4.69, 9.17) is 9.15 Å². The molecule has 2 N–H and O–H groups in total. The largest absolute Gasteiger partial charge is 0.460 e. The van der Waals surface area contributed by atoms with E-state index >= 15 is 0 Å². The number of nitrogens with one attached hydrogen (secondary N) is 2. The number of hydrogen-bond acceptors (Lipinski definition) is 4. The first-order valence-corrected chi connectivity index (χ1v) is 8.59. The van der Waals surface area contributed by atoms with Crippen LogP contribution in [-0.4, -0.2) is 39.3 Å². The second kappa shape index (κ2) is 7.36. The molecule has 0 saturated carbocycles. The van der Waals surface area contributed by atoms with E-state index in [2.05, 4.69) is 10.6 Å². The summed E-state index contributed by atoms with van der Waals surface area (Å²) < 4.78 is 11.2. The summed E-state index contributed by atoms with van der Waals surface area (Å²) in [7, 11) is 1.72. The van der Waals surface area contributed by atoms with E-state index in [0.29, 0.717) is 18.9 Å². The molecule has 0 radical (unpaired) electrons. The summed E-state index contributed by atoms with van der Waals surface area (Å²) in [6, 6.07) is 9.78. The van der Waals surface area contributed by atoms with Gasteiger partial charge in [0.2, 0.25) is 5.91 Å². The van der Waals surface area contributed by atoms with Crippen LogP contribution in [-0.2, 0) is 9.53 Å². The number of carbonyl (C=O) groups excluding carboxylic acids is 1. The Morgan fingerprint density at radius 1 is 1.38 bits per heavy atom. The summed E-state index contributed by atoms with van der Waals surface area (Å²) in [4.78, 5) is 12.6. The summed E-state index contributed by atoms with van der Waals surface area (Å²) >= 11 is 0. The molecular formula is C19H26N2O3. The van der Waals surface area contributed by atoms with Crippen molar-refractivity contribution >= 4 is 16.9 Å². The van der Waals surface area contributed by atoms with Gasteiger partial charge in [-0.25, -0.2) is 0 Å². The zero-order valence-corrected chi connectivity index (χ0v) is 14.4. The summed E-state index contributed by atoms with van der Waals surface area (Å²) in [5, 5.41) is 7.51. The van der Waals surface area contributed by atoms with Crippen molar-refractivity contribution in [2.75, 3.05) is 33.4 Å².